The molecule has 0 unspecified atom stereocenters. The van der Waals surface area contributed by atoms with Crippen LogP contribution in [-0.4, -0.2) is 17.6 Å². The average Bonchev–Trinajstić information content (AvgIpc) is 2.55. The fourth-order valence-electron chi connectivity index (χ4n) is 1.96. The van der Waals surface area contributed by atoms with Gasteiger partial charge in [0.25, 0.3) is 5.91 Å². The van der Waals surface area contributed by atoms with Gasteiger partial charge in [0.2, 0.25) is 0 Å². The van der Waals surface area contributed by atoms with Crippen LogP contribution in [0.15, 0.2) is 46.9 Å². The third-order valence-corrected chi connectivity index (χ3v) is 4.28. The van der Waals surface area contributed by atoms with E-state index in [1.165, 1.54) is 0 Å². The topological polar surface area (TPSA) is 50.4 Å². The molecular weight excluding hydrogens is 388 g/mol. The van der Waals surface area contributed by atoms with E-state index >= 15 is 0 Å². The molecule has 2 aromatic rings. The molecule has 1 amide bonds. The number of amides is 1. The maximum absolute atomic E-state index is 12.2. The SMILES string of the molecule is CCCOc1cccc(NC(=S)NC(=O)c2ccc(C)c(Br)c2)c1. The molecule has 2 N–H and O–H groups in total. The van der Waals surface area contributed by atoms with Gasteiger partial charge in [-0.05, 0) is 55.4 Å². The molecule has 0 saturated heterocycles. The van der Waals surface area contributed by atoms with Crippen LogP contribution in [0.3, 0.4) is 0 Å². The van der Waals surface area contributed by atoms with E-state index in [0.29, 0.717) is 12.2 Å². The summed E-state index contributed by atoms with van der Waals surface area (Å²) in [6.45, 7) is 4.68. The summed E-state index contributed by atoms with van der Waals surface area (Å²) in [4.78, 5) is 12.2. The second-order valence-electron chi connectivity index (χ2n) is 5.25. The molecule has 6 heteroatoms. The smallest absolute Gasteiger partial charge is 0.257 e. The third kappa shape index (κ3) is 5.32. The molecule has 0 atom stereocenters. The lowest BCUT2D eigenvalue weighted by atomic mass is 10.1. The molecule has 0 aliphatic carbocycles. The van der Waals surface area contributed by atoms with Gasteiger partial charge in [-0.15, -0.1) is 0 Å². The first kappa shape index (κ1) is 18.4. The summed E-state index contributed by atoms with van der Waals surface area (Å²) in [5, 5.41) is 5.91. The van der Waals surface area contributed by atoms with E-state index in [0.717, 1.165) is 27.9 Å². The molecule has 2 aromatic carbocycles. The zero-order valence-corrected chi connectivity index (χ0v) is 16.0. The first-order valence-electron chi connectivity index (χ1n) is 7.61. The quantitative estimate of drug-likeness (QED) is 0.708. The van der Waals surface area contributed by atoms with Gasteiger partial charge < -0.3 is 10.1 Å². The zero-order chi connectivity index (χ0) is 17.5. The second kappa shape index (κ2) is 8.80. The summed E-state index contributed by atoms with van der Waals surface area (Å²) in [6.07, 6.45) is 0.943. The second-order valence-corrected chi connectivity index (χ2v) is 6.51. The fourth-order valence-corrected chi connectivity index (χ4v) is 2.54. The number of thiocarbonyl (C=S) groups is 1. The minimum atomic E-state index is -0.258. The molecular formula is C18H19BrN2O2S. The first-order chi connectivity index (χ1) is 11.5. The van der Waals surface area contributed by atoms with Crippen molar-refractivity contribution < 1.29 is 9.53 Å². The highest BCUT2D eigenvalue weighted by Gasteiger charge is 2.09. The van der Waals surface area contributed by atoms with Crippen LogP contribution in [0, 0.1) is 6.92 Å². The van der Waals surface area contributed by atoms with Crippen LogP contribution >= 0.6 is 28.1 Å². The summed E-state index contributed by atoms with van der Waals surface area (Å²) in [7, 11) is 0. The minimum Gasteiger partial charge on any atom is -0.494 e. The van der Waals surface area contributed by atoms with Gasteiger partial charge in [-0.3, -0.25) is 10.1 Å². The van der Waals surface area contributed by atoms with Crippen molar-refractivity contribution >= 4 is 44.9 Å². The molecule has 0 aliphatic heterocycles. The summed E-state index contributed by atoms with van der Waals surface area (Å²) >= 11 is 8.63. The maximum Gasteiger partial charge on any atom is 0.257 e. The normalized spacial score (nSPS) is 10.1. The van der Waals surface area contributed by atoms with Gasteiger partial charge in [0.05, 0.1) is 6.61 Å². The van der Waals surface area contributed by atoms with Crippen LogP contribution in [-0.2, 0) is 0 Å². The number of nitrogens with one attached hydrogen (secondary N) is 2. The predicted molar refractivity (Wildman–Crippen MR) is 105 cm³/mol. The Bertz CT molecular complexity index is 750. The van der Waals surface area contributed by atoms with Gasteiger partial charge in [0, 0.05) is 21.8 Å². The van der Waals surface area contributed by atoms with Crippen molar-refractivity contribution in [3.05, 3.63) is 58.1 Å². The van der Waals surface area contributed by atoms with Crippen molar-refractivity contribution in [3.63, 3.8) is 0 Å². The van der Waals surface area contributed by atoms with Crippen LogP contribution in [0.4, 0.5) is 5.69 Å². The first-order valence-corrected chi connectivity index (χ1v) is 8.81. The van der Waals surface area contributed by atoms with E-state index in [1.54, 1.807) is 12.1 Å². The van der Waals surface area contributed by atoms with Crippen molar-refractivity contribution in [1.29, 1.82) is 0 Å². The molecule has 4 nitrogen and oxygen atoms in total. The Labute approximate surface area is 155 Å². The molecule has 0 aromatic heterocycles. The van der Waals surface area contributed by atoms with Gasteiger partial charge in [0.1, 0.15) is 5.75 Å². The van der Waals surface area contributed by atoms with Crippen LogP contribution in [0.5, 0.6) is 5.75 Å². The van der Waals surface area contributed by atoms with Crippen molar-refractivity contribution in [2.75, 3.05) is 11.9 Å². The summed E-state index contributed by atoms with van der Waals surface area (Å²) in [5.41, 5.74) is 2.37. The minimum absolute atomic E-state index is 0.240. The van der Waals surface area contributed by atoms with E-state index in [1.807, 2.05) is 37.3 Å². The predicted octanol–water partition coefficient (Wildman–Crippen LogP) is 4.67. The molecule has 0 spiro atoms. The number of anilines is 1. The molecule has 0 radical (unpaired) electrons. The molecule has 126 valence electrons. The van der Waals surface area contributed by atoms with Crippen molar-refractivity contribution in [3.8, 4) is 5.75 Å². The number of hydrogen-bond donors (Lipinski definition) is 2. The Morgan fingerprint density at radius 3 is 2.75 bits per heavy atom. The lowest BCUT2D eigenvalue weighted by molar-refractivity contribution is 0.0977. The molecule has 0 saturated carbocycles. The Balaban J connectivity index is 1.97. The van der Waals surface area contributed by atoms with Gasteiger partial charge in [-0.2, -0.15) is 0 Å². The van der Waals surface area contributed by atoms with Gasteiger partial charge in [0.15, 0.2) is 5.11 Å². The molecule has 0 fully saturated rings. The van der Waals surface area contributed by atoms with E-state index in [4.69, 9.17) is 17.0 Å². The van der Waals surface area contributed by atoms with Crippen LogP contribution in [0.25, 0.3) is 0 Å². The number of hydrogen-bond acceptors (Lipinski definition) is 3. The molecule has 0 heterocycles. The molecule has 2 rings (SSSR count). The number of aryl methyl sites for hydroxylation is 1. The summed E-state index contributed by atoms with van der Waals surface area (Å²) in [5.74, 6) is 0.505. The molecule has 0 bridgehead atoms. The van der Waals surface area contributed by atoms with Gasteiger partial charge in [-0.1, -0.05) is 35.0 Å². The van der Waals surface area contributed by atoms with Crippen LogP contribution < -0.4 is 15.4 Å². The van der Waals surface area contributed by atoms with Crippen molar-refractivity contribution in [2.45, 2.75) is 20.3 Å². The van der Waals surface area contributed by atoms with Crippen molar-refractivity contribution in [2.24, 2.45) is 0 Å². The van der Waals surface area contributed by atoms with Crippen LogP contribution in [0.2, 0.25) is 0 Å². The number of halogens is 1. The van der Waals surface area contributed by atoms with E-state index in [-0.39, 0.29) is 11.0 Å². The highest BCUT2D eigenvalue weighted by atomic mass is 79.9. The number of carbonyl (C=O) groups is 1. The van der Waals surface area contributed by atoms with Crippen LogP contribution in [0.1, 0.15) is 29.3 Å². The lowest BCUT2D eigenvalue weighted by Crippen LogP contribution is -2.34. The Kier molecular flexibility index (Phi) is 6.75. The highest BCUT2D eigenvalue weighted by molar-refractivity contribution is 9.10. The average molecular weight is 407 g/mol. The van der Waals surface area contributed by atoms with Gasteiger partial charge >= 0.3 is 0 Å². The Hall–Kier alpha value is -1.92. The highest BCUT2D eigenvalue weighted by Crippen LogP contribution is 2.18. The number of rotatable bonds is 5. The van der Waals surface area contributed by atoms with E-state index in [9.17, 15) is 4.79 Å². The fraction of sp³-hybridized carbons (Fsp3) is 0.222. The van der Waals surface area contributed by atoms with Crippen molar-refractivity contribution in [1.82, 2.24) is 5.32 Å². The summed E-state index contributed by atoms with van der Waals surface area (Å²) < 4.78 is 6.46. The largest absolute Gasteiger partial charge is 0.494 e. The third-order valence-electron chi connectivity index (χ3n) is 3.23. The number of ether oxygens (including phenoxy) is 1. The van der Waals surface area contributed by atoms with E-state index < -0.39 is 0 Å². The standard InChI is InChI=1S/C18H19BrN2O2S/c1-3-9-23-15-6-4-5-14(11-15)20-18(24)21-17(22)13-8-7-12(2)16(19)10-13/h4-8,10-11H,3,9H2,1-2H3,(H2,20,21,22,24). The zero-order valence-electron chi connectivity index (χ0n) is 13.6. The lowest BCUT2D eigenvalue weighted by Gasteiger charge is -2.11. The number of benzene rings is 2. The Morgan fingerprint density at radius 1 is 1.25 bits per heavy atom. The maximum atomic E-state index is 12.2. The Morgan fingerprint density at radius 2 is 2.04 bits per heavy atom. The summed E-state index contributed by atoms with van der Waals surface area (Å²) in [6, 6.07) is 12.9. The monoisotopic (exact) mass is 406 g/mol. The van der Waals surface area contributed by atoms with Gasteiger partial charge in [-0.25, -0.2) is 0 Å². The number of carbonyl (C=O) groups excluding carboxylic acids is 1. The molecule has 0 aliphatic rings. The molecule has 24 heavy (non-hydrogen) atoms. The van der Waals surface area contributed by atoms with E-state index in [2.05, 4.69) is 33.5 Å².